The van der Waals surface area contributed by atoms with Crippen LogP contribution in [0.5, 0.6) is 5.75 Å². The van der Waals surface area contributed by atoms with Crippen LogP contribution >= 0.6 is 0 Å². The molecule has 11 heteroatoms. The number of primary amides is 1. The Morgan fingerprint density at radius 2 is 1.83 bits per heavy atom. The molecule has 1 amide bonds. The van der Waals surface area contributed by atoms with Crippen molar-refractivity contribution in [2.75, 3.05) is 33.1 Å². The molecule has 1 heterocycles. The number of phenols is 1. The number of aromatic hydroxyl groups is 1. The maximum Gasteiger partial charge on any atom is 0.235 e. The third-order valence-electron chi connectivity index (χ3n) is 8.52. The van der Waals surface area contributed by atoms with Gasteiger partial charge in [0.25, 0.3) is 0 Å². The van der Waals surface area contributed by atoms with E-state index in [1.165, 1.54) is 4.90 Å². The molecule has 0 spiro atoms. The SMILES string of the molecule is CN(C)c1cc(C#Cc2cccnc2)c(O)c2c1C[C@H]1C[C@H]3[C@H](N(C)C)C(=O)C(C(N)=O)C(=O)[C@@]3(O)C(=O)C1C2=O. The average Bonchev–Trinajstić information content (AvgIpc) is 2.90. The number of carbonyl (C=O) groups excluding carboxylic acids is 5. The molecule has 0 aliphatic heterocycles. The number of pyridine rings is 1. The van der Waals surface area contributed by atoms with Gasteiger partial charge in [-0.3, -0.25) is 33.9 Å². The van der Waals surface area contributed by atoms with Crippen LogP contribution in [0.2, 0.25) is 0 Å². The lowest BCUT2D eigenvalue weighted by Gasteiger charge is -2.52. The van der Waals surface area contributed by atoms with E-state index in [2.05, 4.69) is 16.8 Å². The summed E-state index contributed by atoms with van der Waals surface area (Å²) in [7, 11) is 6.64. The fraction of sp³-hybridized carbons (Fsp3) is 0.400. The minimum absolute atomic E-state index is 0.0138. The summed E-state index contributed by atoms with van der Waals surface area (Å²) in [5, 5.41) is 23.0. The van der Waals surface area contributed by atoms with E-state index >= 15 is 0 Å². The number of aliphatic hydroxyl groups is 1. The first-order chi connectivity index (χ1) is 19.3. The van der Waals surface area contributed by atoms with Crippen LogP contribution in [-0.2, 0) is 25.6 Å². The van der Waals surface area contributed by atoms with Gasteiger partial charge >= 0.3 is 0 Å². The van der Waals surface area contributed by atoms with E-state index in [0.29, 0.717) is 16.8 Å². The number of phenolic OH excluding ortho intramolecular Hbond substituents is 1. The van der Waals surface area contributed by atoms with Crippen LogP contribution in [-0.4, -0.2) is 89.0 Å². The first-order valence-corrected chi connectivity index (χ1v) is 13.1. The van der Waals surface area contributed by atoms with Crippen LogP contribution in [0, 0.1) is 35.5 Å². The van der Waals surface area contributed by atoms with Crippen molar-refractivity contribution in [3.63, 3.8) is 0 Å². The van der Waals surface area contributed by atoms with Crippen LogP contribution in [0.4, 0.5) is 5.69 Å². The lowest BCUT2D eigenvalue weighted by Crippen LogP contribution is -2.74. The van der Waals surface area contributed by atoms with Gasteiger partial charge in [-0.25, -0.2) is 0 Å². The van der Waals surface area contributed by atoms with Gasteiger partial charge in [-0.05, 0) is 56.6 Å². The number of anilines is 1. The van der Waals surface area contributed by atoms with Gasteiger partial charge in [0.05, 0.1) is 23.1 Å². The number of likely N-dealkylation sites (N-methyl/N-ethyl adjacent to an activating group) is 1. The number of amides is 1. The summed E-state index contributed by atoms with van der Waals surface area (Å²) >= 11 is 0. The van der Waals surface area contributed by atoms with Crippen LogP contribution in [0.3, 0.4) is 0 Å². The van der Waals surface area contributed by atoms with E-state index in [1.807, 2.05) is 0 Å². The summed E-state index contributed by atoms with van der Waals surface area (Å²) in [4.78, 5) is 74.1. The largest absolute Gasteiger partial charge is 0.506 e. The van der Waals surface area contributed by atoms with Gasteiger partial charge in [-0.2, -0.15) is 0 Å². The summed E-state index contributed by atoms with van der Waals surface area (Å²) in [5.41, 5.74) is 4.36. The zero-order valence-corrected chi connectivity index (χ0v) is 23.0. The maximum atomic E-state index is 14.1. The summed E-state index contributed by atoms with van der Waals surface area (Å²) in [6, 6.07) is 3.97. The lowest BCUT2D eigenvalue weighted by atomic mass is 9.52. The predicted molar refractivity (Wildman–Crippen MR) is 146 cm³/mol. The van der Waals surface area contributed by atoms with Gasteiger partial charge < -0.3 is 20.8 Å². The van der Waals surface area contributed by atoms with Crippen molar-refractivity contribution >= 4 is 34.7 Å². The Morgan fingerprint density at radius 1 is 1.12 bits per heavy atom. The highest BCUT2D eigenvalue weighted by molar-refractivity contribution is 6.32. The number of aromatic nitrogens is 1. The minimum atomic E-state index is -2.77. The second-order valence-corrected chi connectivity index (χ2v) is 11.3. The molecule has 0 radical (unpaired) electrons. The van der Waals surface area contributed by atoms with Crippen molar-refractivity contribution in [1.82, 2.24) is 9.88 Å². The summed E-state index contributed by atoms with van der Waals surface area (Å²) in [6.45, 7) is 0. The average molecular weight is 559 g/mol. The van der Waals surface area contributed by atoms with Crippen LogP contribution in [0.1, 0.15) is 33.5 Å². The molecule has 2 fully saturated rings. The van der Waals surface area contributed by atoms with Gasteiger partial charge in [0.2, 0.25) is 5.91 Å². The molecule has 0 bridgehead atoms. The quantitative estimate of drug-likeness (QED) is 0.336. The molecule has 3 aliphatic carbocycles. The molecule has 11 nitrogen and oxygen atoms in total. The fourth-order valence-electron chi connectivity index (χ4n) is 6.72. The number of fused-ring (bicyclic) bond motifs is 3. The number of ketones is 4. The van der Waals surface area contributed by atoms with Crippen molar-refractivity contribution in [3.05, 3.63) is 52.8 Å². The van der Waals surface area contributed by atoms with E-state index < -0.39 is 70.1 Å². The third-order valence-corrected chi connectivity index (χ3v) is 8.52. The zero-order valence-electron chi connectivity index (χ0n) is 23.0. The van der Waals surface area contributed by atoms with E-state index in [0.717, 1.165) is 0 Å². The molecule has 5 rings (SSSR count). The van der Waals surface area contributed by atoms with E-state index in [-0.39, 0.29) is 24.0 Å². The number of Topliss-reactive ketones (excluding diaryl/α,β-unsaturated/α-hetero) is 4. The molecular formula is C30H30N4O7. The topological polar surface area (TPSA) is 171 Å². The number of rotatable bonds is 3. The van der Waals surface area contributed by atoms with Crippen molar-refractivity contribution < 1.29 is 34.2 Å². The van der Waals surface area contributed by atoms with Crippen molar-refractivity contribution in [1.29, 1.82) is 0 Å². The highest BCUT2D eigenvalue weighted by atomic mass is 16.3. The first-order valence-electron chi connectivity index (χ1n) is 13.1. The molecule has 4 N–H and O–H groups in total. The van der Waals surface area contributed by atoms with Crippen molar-refractivity contribution in [2.24, 2.45) is 29.4 Å². The number of nitrogens with two attached hydrogens (primary N) is 1. The number of carbonyl (C=O) groups is 5. The Morgan fingerprint density at radius 3 is 2.41 bits per heavy atom. The van der Waals surface area contributed by atoms with Gasteiger partial charge in [0, 0.05) is 43.7 Å². The molecular weight excluding hydrogens is 528 g/mol. The van der Waals surface area contributed by atoms with Gasteiger partial charge in [-0.15, -0.1) is 0 Å². The smallest absolute Gasteiger partial charge is 0.235 e. The molecule has 2 unspecified atom stereocenters. The Kier molecular flexibility index (Phi) is 6.80. The molecule has 1 aromatic carbocycles. The van der Waals surface area contributed by atoms with Crippen LogP contribution in [0.25, 0.3) is 0 Å². The lowest BCUT2D eigenvalue weighted by molar-refractivity contribution is -0.181. The molecule has 0 saturated heterocycles. The maximum absolute atomic E-state index is 14.1. The van der Waals surface area contributed by atoms with E-state index in [1.54, 1.807) is 63.7 Å². The summed E-state index contributed by atoms with van der Waals surface area (Å²) in [5.74, 6) is -5.12. The number of benzene rings is 1. The molecule has 2 aromatic rings. The van der Waals surface area contributed by atoms with Crippen LogP contribution < -0.4 is 10.6 Å². The number of hydrogen-bond donors (Lipinski definition) is 3. The van der Waals surface area contributed by atoms with Crippen LogP contribution in [0.15, 0.2) is 30.6 Å². The Hall–Kier alpha value is -4.40. The Labute approximate surface area is 236 Å². The number of hydrogen-bond acceptors (Lipinski definition) is 10. The monoisotopic (exact) mass is 558 g/mol. The standard InChI is InChI=1S/C30H30N4O7/c1-33(2)19-12-15(8-7-14-6-5-9-32-13-14)24(35)21-17(19)10-16-11-18-23(34(3)4)26(37)22(29(31)40)28(39)30(18,41)27(38)20(16)25(21)36/h5-6,9,12-13,16,18,20,22-23,35,41H,10-11H2,1-4H3,(H2,31,40)/t16-,18-,20?,22?,23-,30-/m0/s1. The van der Waals surface area contributed by atoms with Crippen molar-refractivity contribution in [3.8, 4) is 17.6 Å². The van der Waals surface area contributed by atoms with Gasteiger partial charge in [0.1, 0.15) is 5.75 Å². The molecule has 6 atom stereocenters. The minimum Gasteiger partial charge on any atom is -0.506 e. The third kappa shape index (κ3) is 4.13. The number of nitrogens with zero attached hydrogens (tertiary/aromatic N) is 3. The van der Waals surface area contributed by atoms with Gasteiger partial charge in [0.15, 0.2) is 34.7 Å². The highest BCUT2D eigenvalue weighted by Gasteiger charge is 2.69. The fourth-order valence-corrected chi connectivity index (χ4v) is 6.72. The summed E-state index contributed by atoms with van der Waals surface area (Å²) < 4.78 is 0. The van der Waals surface area contributed by atoms with E-state index in [4.69, 9.17) is 5.73 Å². The zero-order chi connectivity index (χ0) is 30.0. The normalized spacial score (nSPS) is 28.8. The predicted octanol–water partition coefficient (Wildman–Crippen LogP) is -0.272. The second kappa shape index (κ2) is 9.90. The Balaban J connectivity index is 1.65. The Bertz CT molecular complexity index is 1570. The highest BCUT2D eigenvalue weighted by Crippen LogP contribution is 2.52. The first kappa shape index (κ1) is 28.1. The van der Waals surface area contributed by atoms with Gasteiger partial charge in [-0.1, -0.05) is 11.8 Å². The molecule has 41 heavy (non-hydrogen) atoms. The molecule has 1 aromatic heterocycles. The molecule has 212 valence electrons. The second-order valence-electron chi connectivity index (χ2n) is 11.3. The molecule has 2 saturated carbocycles. The molecule has 3 aliphatic rings. The van der Waals surface area contributed by atoms with Crippen molar-refractivity contribution in [2.45, 2.75) is 24.5 Å². The van der Waals surface area contributed by atoms with E-state index in [9.17, 15) is 34.2 Å². The summed E-state index contributed by atoms with van der Waals surface area (Å²) in [6.07, 6.45) is 3.30.